The van der Waals surface area contributed by atoms with Crippen LogP contribution in [0.3, 0.4) is 0 Å². The molecule has 1 aromatic carbocycles. The Morgan fingerprint density at radius 2 is 1.68 bits per heavy atom. The fraction of sp³-hybridized carbons (Fsp3) is 0.286. The molecule has 1 rings (SSSR count). The Labute approximate surface area is 111 Å². The van der Waals surface area contributed by atoms with Crippen LogP contribution in [0.5, 0.6) is 5.75 Å². The van der Waals surface area contributed by atoms with E-state index in [0.717, 1.165) is 5.56 Å². The van der Waals surface area contributed by atoms with Gasteiger partial charge in [-0.1, -0.05) is 12.1 Å². The van der Waals surface area contributed by atoms with Gasteiger partial charge in [-0.15, -0.1) is 0 Å². The average molecular weight is 264 g/mol. The van der Waals surface area contributed by atoms with Crippen molar-refractivity contribution in [1.29, 1.82) is 0 Å². The first kappa shape index (κ1) is 14.8. The Balaban J connectivity index is 2.97. The summed E-state index contributed by atoms with van der Waals surface area (Å²) in [5.74, 6) is -0.337. The summed E-state index contributed by atoms with van der Waals surface area (Å²) in [4.78, 5) is 22.8. The molecule has 0 aliphatic rings. The van der Waals surface area contributed by atoms with Gasteiger partial charge in [-0.25, -0.2) is 4.79 Å². The number of carbonyl (C=O) groups is 2. The van der Waals surface area contributed by atoms with Crippen LogP contribution in [-0.2, 0) is 19.1 Å². The highest BCUT2D eigenvalue weighted by Crippen LogP contribution is 2.16. The number of hydrogen-bond donors (Lipinski definition) is 0. The van der Waals surface area contributed by atoms with Crippen LogP contribution in [0.25, 0.3) is 6.08 Å². The first-order valence-electron chi connectivity index (χ1n) is 5.60. The van der Waals surface area contributed by atoms with E-state index in [1.165, 1.54) is 14.2 Å². The van der Waals surface area contributed by atoms with Crippen molar-refractivity contribution in [1.82, 2.24) is 0 Å². The lowest BCUT2D eigenvalue weighted by Gasteiger charge is -2.05. The number of carbonyl (C=O) groups excluding carboxylic acids is 2. The molecule has 0 N–H and O–H groups in total. The highest BCUT2D eigenvalue weighted by Gasteiger charge is 2.14. The van der Waals surface area contributed by atoms with Crippen molar-refractivity contribution in [2.75, 3.05) is 21.3 Å². The van der Waals surface area contributed by atoms with Gasteiger partial charge < -0.3 is 14.2 Å². The lowest BCUT2D eigenvalue weighted by molar-refractivity contribution is -0.143. The van der Waals surface area contributed by atoms with Crippen LogP contribution in [0.4, 0.5) is 0 Å². The van der Waals surface area contributed by atoms with Crippen LogP contribution in [0.2, 0.25) is 0 Å². The van der Waals surface area contributed by atoms with Gasteiger partial charge in [-0.2, -0.15) is 0 Å². The molecule has 0 spiro atoms. The zero-order valence-electron chi connectivity index (χ0n) is 11.1. The quantitative estimate of drug-likeness (QED) is 0.599. The summed E-state index contributed by atoms with van der Waals surface area (Å²) in [6.07, 6.45) is 1.46. The second-order valence-electron chi connectivity index (χ2n) is 3.69. The minimum absolute atomic E-state index is 0.130. The van der Waals surface area contributed by atoms with Gasteiger partial charge in [0.05, 0.1) is 27.8 Å². The second kappa shape index (κ2) is 7.20. The Kier molecular flexibility index (Phi) is 5.60. The van der Waals surface area contributed by atoms with Crippen molar-refractivity contribution in [2.24, 2.45) is 0 Å². The van der Waals surface area contributed by atoms with E-state index in [0.29, 0.717) is 5.75 Å². The molecule has 102 valence electrons. The zero-order chi connectivity index (χ0) is 14.3. The second-order valence-corrected chi connectivity index (χ2v) is 3.69. The van der Waals surface area contributed by atoms with Crippen LogP contribution in [-0.4, -0.2) is 33.3 Å². The van der Waals surface area contributed by atoms with Crippen LogP contribution < -0.4 is 4.74 Å². The lowest BCUT2D eigenvalue weighted by atomic mass is 10.1. The third kappa shape index (κ3) is 4.46. The molecule has 0 amide bonds. The molecule has 5 nitrogen and oxygen atoms in total. The van der Waals surface area contributed by atoms with Gasteiger partial charge in [-0.05, 0) is 23.8 Å². The number of esters is 2. The maximum Gasteiger partial charge on any atom is 0.334 e. The molecule has 0 aliphatic carbocycles. The van der Waals surface area contributed by atoms with Gasteiger partial charge in [0.1, 0.15) is 5.75 Å². The molecule has 0 bridgehead atoms. The van der Waals surface area contributed by atoms with Crippen molar-refractivity contribution >= 4 is 18.0 Å². The maximum absolute atomic E-state index is 11.6. The topological polar surface area (TPSA) is 61.8 Å². The molecule has 0 radical (unpaired) electrons. The summed E-state index contributed by atoms with van der Waals surface area (Å²) in [6.45, 7) is 0. The SMILES string of the molecule is COC(=O)C/C(=C\c1ccc(OC)cc1)C(=O)OC. The fourth-order valence-corrected chi connectivity index (χ4v) is 1.44. The summed E-state index contributed by atoms with van der Waals surface area (Å²) >= 11 is 0. The smallest absolute Gasteiger partial charge is 0.334 e. The van der Waals surface area contributed by atoms with E-state index in [2.05, 4.69) is 9.47 Å². The molecule has 0 fully saturated rings. The van der Waals surface area contributed by atoms with Crippen molar-refractivity contribution in [3.63, 3.8) is 0 Å². The van der Waals surface area contributed by atoms with E-state index in [9.17, 15) is 9.59 Å². The number of benzene rings is 1. The predicted molar refractivity (Wildman–Crippen MR) is 69.6 cm³/mol. The molecule has 0 aliphatic heterocycles. The van der Waals surface area contributed by atoms with Gasteiger partial charge in [0.15, 0.2) is 0 Å². The number of ether oxygens (including phenoxy) is 3. The normalized spacial score (nSPS) is 10.8. The first-order valence-corrected chi connectivity index (χ1v) is 5.60. The van der Waals surface area contributed by atoms with Gasteiger partial charge in [0.2, 0.25) is 0 Å². The Morgan fingerprint density at radius 3 is 2.16 bits per heavy atom. The summed E-state index contributed by atoms with van der Waals surface area (Å²) in [5, 5.41) is 0. The van der Waals surface area contributed by atoms with E-state index in [-0.39, 0.29) is 12.0 Å². The standard InChI is InChI=1S/C14H16O5/c1-17-12-6-4-10(5-7-12)8-11(14(16)19-3)9-13(15)18-2/h4-8H,9H2,1-3H3/b11-8+. The lowest BCUT2D eigenvalue weighted by Crippen LogP contribution is -2.10. The molecule has 0 heterocycles. The third-order valence-corrected chi connectivity index (χ3v) is 2.47. The Morgan fingerprint density at radius 1 is 1.05 bits per heavy atom. The minimum Gasteiger partial charge on any atom is -0.497 e. The van der Waals surface area contributed by atoms with Crippen LogP contribution >= 0.6 is 0 Å². The van der Waals surface area contributed by atoms with E-state index < -0.39 is 11.9 Å². The van der Waals surface area contributed by atoms with Gasteiger partial charge in [0.25, 0.3) is 0 Å². The number of rotatable bonds is 5. The van der Waals surface area contributed by atoms with Crippen molar-refractivity contribution in [2.45, 2.75) is 6.42 Å². The van der Waals surface area contributed by atoms with Gasteiger partial charge in [-0.3, -0.25) is 4.79 Å². The highest BCUT2D eigenvalue weighted by molar-refractivity contribution is 5.98. The molecule has 0 unspecified atom stereocenters. The molecule has 0 saturated heterocycles. The van der Waals surface area contributed by atoms with E-state index in [1.54, 1.807) is 37.5 Å². The molecular formula is C14H16O5. The van der Waals surface area contributed by atoms with Crippen molar-refractivity contribution in [3.05, 3.63) is 35.4 Å². The van der Waals surface area contributed by atoms with E-state index in [4.69, 9.17) is 4.74 Å². The minimum atomic E-state index is -0.554. The summed E-state index contributed by atoms with van der Waals surface area (Å²) in [6, 6.07) is 7.08. The van der Waals surface area contributed by atoms with Gasteiger partial charge in [0, 0.05) is 5.57 Å². The molecule has 0 atom stereocenters. The first-order chi connectivity index (χ1) is 9.10. The fourth-order valence-electron chi connectivity index (χ4n) is 1.44. The zero-order valence-corrected chi connectivity index (χ0v) is 11.1. The van der Waals surface area contributed by atoms with Crippen molar-refractivity contribution < 1.29 is 23.8 Å². The monoisotopic (exact) mass is 264 g/mol. The summed E-state index contributed by atoms with van der Waals surface area (Å²) in [7, 11) is 4.11. The molecule has 5 heteroatoms. The average Bonchev–Trinajstić information content (AvgIpc) is 2.46. The molecular weight excluding hydrogens is 248 g/mol. The molecule has 0 saturated carbocycles. The maximum atomic E-state index is 11.6. The van der Waals surface area contributed by atoms with Gasteiger partial charge >= 0.3 is 11.9 Å². The van der Waals surface area contributed by atoms with Crippen molar-refractivity contribution in [3.8, 4) is 5.75 Å². The number of methoxy groups -OCH3 is 3. The van der Waals surface area contributed by atoms with E-state index in [1.807, 2.05) is 0 Å². The summed E-state index contributed by atoms with van der Waals surface area (Å²) in [5.41, 5.74) is 1.00. The van der Waals surface area contributed by atoms with Crippen LogP contribution in [0, 0.1) is 0 Å². The molecule has 0 aromatic heterocycles. The Bertz CT molecular complexity index is 473. The predicted octanol–water partition coefficient (Wildman–Crippen LogP) is 1.81. The van der Waals surface area contributed by atoms with Crippen LogP contribution in [0.1, 0.15) is 12.0 Å². The highest BCUT2D eigenvalue weighted by atomic mass is 16.5. The summed E-state index contributed by atoms with van der Waals surface area (Å²) < 4.78 is 14.2. The Hall–Kier alpha value is -2.30. The molecule has 19 heavy (non-hydrogen) atoms. The van der Waals surface area contributed by atoms with E-state index >= 15 is 0 Å². The van der Waals surface area contributed by atoms with Crippen LogP contribution in [0.15, 0.2) is 29.8 Å². The largest absolute Gasteiger partial charge is 0.497 e. The number of hydrogen-bond acceptors (Lipinski definition) is 5. The third-order valence-electron chi connectivity index (χ3n) is 2.47. The molecule has 1 aromatic rings.